The Morgan fingerprint density at radius 3 is 1.94 bits per heavy atom. The molecule has 1 N–H and O–H groups in total. The maximum atomic E-state index is 11.8. The van der Waals surface area contributed by atoms with Crippen LogP contribution < -0.4 is 0 Å². The highest BCUT2D eigenvalue weighted by molar-refractivity contribution is 7.92. The Balaban J connectivity index is 3.09. The summed E-state index contributed by atoms with van der Waals surface area (Å²) in [5, 5.41) is 8.35. The lowest BCUT2D eigenvalue weighted by atomic mass is 10.0. The van der Waals surface area contributed by atoms with Crippen molar-refractivity contribution in [3.05, 3.63) is 29.8 Å². The lowest BCUT2D eigenvalue weighted by Crippen LogP contribution is -2.14. The third kappa shape index (κ3) is 2.85. The third-order valence-electron chi connectivity index (χ3n) is 2.70. The number of rotatable bonds is 4. The number of benzene rings is 1. The molecule has 1 atom stereocenters. The van der Waals surface area contributed by atoms with Crippen LogP contribution in [0, 0.1) is 0 Å². The smallest absolute Gasteiger partial charge is 0.310 e. The van der Waals surface area contributed by atoms with Crippen molar-refractivity contribution in [1.82, 2.24) is 0 Å². The SMILES string of the molecule is CC(C(=O)O)c1ccc(S(=O)(=O)C(C)C)cc1. The standard InChI is InChI=1S/C12H16O4S/c1-8(2)17(15,16)11-6-4-10(5-7-11)9(3)12(13)14/h4-9H,1-3H3,(H,13,14). The lowest BCUT2D eigenvalue weighted by Gasteiger charge is -2.10. The van der Waals surface area contributed by atoms with Crippen molar-refractivity contribution in [1.29, 1.82) is 0 Å². The summed E-state index contributed by atoms with van der Waals surface area (Å²) in [7, 11) is -3.29. The van der Waals surface area contributed by atoms with Gasteiger partial charge in [0.2, 0.25) is 0 Å². The number of hydrogen-bond acceptors (Lipinski definition) is 3. The molecule has 1 aromatic carbocycles. The van der Waals surface area contributed by atoms with Crippen LogP contribution in [-0.4, -0.2) is 24.7 Å². The fourth-order valence-electron chi connectivity index (χ4n) is 1.36. The average molecular weight is 256 g/mol. The predicted octanol–water partition coefficient (Wildman–Crippen LogP) is 2.06. The second-order valence-electron chi connectivity index (χ2n) is 4.22. The van der Waals surface area contributed by atoms with E-state index in [9.17, 15) is 13.2 Å². The minimum Gasteiger partial charge on any atom is -0.481 e. The van der Waals surface area contributed by atoms with Gasteiger partial charge in [-0.1, -0.05) is 12.1 Å². The van der Waals surface area contributed by atoms with Crippen LogP contribution in [-0.2, 0) is 14.6 Å². The van der Waals surface area contributed by atoms with E-state index < -0.39 is 27.0 Å². The molecule has 1 unspecified atom stereocenters. The Bertz CT molecular complexity index is 500. The molecule has 0 amide bonds. The predicted molar refractivity (Wildman–Crippen MR) is 64.8 cm³/mol. The van der Waals surface area contributed by atoms with Crippen molar-refractivity contribution in [2.75, 3.05) is 0 Å². The number of carboxylic acid groups (broad SMARTS) is 1. The number of carbonyl (C=O) groups is 1. The summed E-state index contributed by atoms with van der Waals surface area (Å²) in [4.78, 5) is 11.0. The largest absolute Gasteiger partial charge is 0.481 e. The Labute approximate surface area is 101 Å². The van der Waals surface area contributed by atoms with Crippen LogP contribution in [0.3, 0.4) is 0 Å². The molecule has 5 heteroatoms. The van der Waals surface area contributed by atoms with Crippen LogP contribution in [0.1, 0.15) is 32.3 Å². The van der Waals surface area contributed by atoms with Gasteiger partial charge in [0, 0.05) is 0 Å². The van der Waals surface area contributed by atoms with Gasteiger partial charge in [-0.05, 0) is 38.5 Å². The molecule has 0 radical (unpaired) electrons. The van der Waals surface area contributed by atoms with Crippen LogP contribution in [0.5, 0.6) is 0 Å². The molecule has 0 spiro atoms. The van der Waals surface area contributed by atoms with E-state index in [-0.39, 0.29) is 4.90 Å². The highest BCUT2D eigenvalue weighted by Crippen LogP contribution is 2.20. The van der Waals surface area contributed by atoms with Gasteiger partial charge >= 0.3 is 5.97 Å². The molecule has 0 aliphatic rings. The molecule has 94 valence electrons. The Hall–Kier alpha value is -1.36. The van der Waals surface area contributed by atoms with Crippen LogP contribution in [0.25, 0.3) is 0 Å². The molecule has 0 fully saturated rings. The molecule has 0 aliphatic heterocycles. The monoisotopic (exact) mass is 256 g/mol. The zero-order valence-electron chi connectivity index (χ0n) is 10.0. The first-order chi connectivity index (χ1) is 7.76. The molecule has 1 aromatic rings. The first-order valence-corrected chi connectivity index (χ1v) is 6.88. The van der Waals surface area contributed by atoms with E-state index in [1.165, 1.54) is 12.1 Å². The minimum atomic E-state index is -3.29. The average Bonchev–Trinajstić information content (AvgIpc) is 2.27. The van der Waals surface area contributed by atoms with Crippen LogP contribution in [0.15, 0.2) is 29.2 Å². The minimum absolute atomic E-state index is 0.230. The molecule has 0 bridgehead atoms. The third-order valence-corrected chi connectivity index (χ3v) is 4.87. The van der Waals surface area contributed by atoms with Gasteiger partial charge in [0.25, 0.3) is 0 Å². The number of hydrogen-bond donors (Lipinski definition) is 1. The lowest BCUT2D eigenvalue weighted by molar-refractivity contribution is -0.138. The van der Waals surface area contributed by atoms with E-state index in [0.29, 0.717) is 5.56 Å². The fourth-order valence-corrected chi connectivity index (χ4v) is 2.42. The quantitative estimate of drug-likeness (QED) is 0.895. The first kappa shape index (κ1) is 13.7. The molecule has 1 rings (SSSR count). The summed E-state index contributed by atoms with van der Waals surface area (Å²) in [6.45, 7) is 4.79. The van der Waals surface area contributed by atoms with Crippen molar-refractivity contribution in [2.24, 2.45) is 0 Å². The maximum Gasteiger partial charge on any atom is 0.310 e. The van der Waals surface area contributed by atoms with Crippen molar-refractivity contribution in [3.63, 3.8) is 0 Å². The summed E-state index contributed by atoms with van der Waals surface area (Å²) >= 11 is 0. The molecule has 0 saturated heterocycles. The molecular weight excluding hydrogens is 240 g/mol. The van der Waals surface area contributed by atoms with Gasteiger partial charge < -0.3 is 5.11 Å². The summed E-state index contributed by atoms with van der Waals surface area (Å²) in [5.41, 5.74) is 0.597. The van der Waals surface area contributed by atoms with Crippen LogP contribution in [0.2, 0.25) is 0 Å². The van der Waals surface area contributed by atoms with E-state index >= 15 is 0 Å². The summed E-state index contributed by atoms with van der Waals surface area (Å²) < 4.78 is 23.7. The molecule has 0 aliphatic carbocycles. The number of aliphatic carboxylic acids is 1. The second kappa shape index (κ2) is 4.87. The molecule has 4 nitrogen and oxygen atoms in total. The first-order valence-electron chi connectivity index (χ1n) is 5.33. The van der Waals surface area contributed by atoms with E-state index in [1.807, 2.05) is 0 Å². The van der Waals surface area contributed by atoms with Gasteiger partial charge in [0.15, 0.2) is 9.84 Å². The van der Waals surface area contributed by atoms with Crippen molar-refractivity contribution in [2.45, 2.75) is 36.8 Å². The fraction of sp³-hybridized carbons (Fsp3) is 0.417. The Morgan fingerprint density at radius 2 is 1.59 bits per heavy atom. The second-order valence-corrected chi connectivity index (χ2v) is 6.73. The zero-order chi connectivity index (χ0) is 13.2. The van der Waals surface area contributed by atoms with E-state index in [1.54, 1.807) is 32.9 Å². The Kier molecular flexibility index (Phi) is 3.93. The summed E-state index contributed by atoms with van der Waals surface area (Å²) in [6, 6.07) is 6.02. The van der Waals surface area contributed by atoms with Gasteiger partial charge in [-0.15, -0.1) is 0 Å². The maximum absolute atomic E-state index is 11.8. The van der Waals surface area contributed by atoms with Gasteiger partial charge in [-0.25, -0.2) is 8.42 Å². The summed E-state index contributed by atoms with van der Waals surface area (Å²) in [5.74, 6) is -1.56. The molecule has 17 heavy (non-hydrogen) atoms. The van der Waals surface area contributed by atoms with E-state index in [0.717, 1.165) is 0 Å². The van der Waals surface area contributed by atoms with Gasteiger partial charge in [-0.2, -0.15) is 0 Å². The molecule has 0 aromatic heterocycles. The van der Waals surface area contributed by atoms with Crippen molar-refractivity contribution in [3.8, 4) is 0 Å². The highest BCUT2D eigenvalue weighted by Gasteiger charge is 2.20. The Morgan fingerprint density at radius 1 is 1.12 bits per heavy atom. The molecule has 0 saturated carbocycles. The van der Waals surface area contributed by atoms with Crippen molar-refractivity contribution >= 4 is 15.8 Å². The molecule has 0 heterocycles. The zero-order valence-corrected chi connectivity index (χ0v) is 10.9. The van der Waals surface area contributed by atoms with Gasteiger partial charge in [0.05, 0.1) is 16.1 Å². The van der Waals surface area contributed by atoms with E-state index in [4.69, 9.17) is 5.11 Å². The van der Waals surface area contributed by atoms with Crippen molar-refractivity contribution < 1.29 is 18.3 Å². The number of sulfone groups is 1. The van der Waals surface area contributed by atoms with E-state index in [2.05, 4.69) is 0 Å². The van der Waals surface area contributed by atoms with Gasteiger partial charge in [-0.3, -0.25) is 4.79 Å². The highest BCUT2D eigenvalue weighted by atomic mass is 32.2. The number of carboxylic acids is 1. The van der Waals surface area contributed by atoms with Gasteiger partial charge in [0.1, 0.15) is 0 Å². The van der Waals surface area contributed by atoms with Crippen LogP contribution in [0.4, 0.5) is 0 Å². The topological polar surface area (TPSA) is 71.4 Å². The summed E-state index contributed by atoms with van der Waals surface area (Å²) in [6.07, 6.45) is 0. The van der Waals surface area contributed by atoms with Crippen LogP contribution >= 0.6 is 0 Å². The molecular formula is C12H16O4S. The normalized spacial score (nSPS) is 13.6.